The Morgan fingerprint density at radius 1 is 1.00 bits per heavy atom. The van der Waals surface area contributed by atoms with Crippen molar-refractivity contribution in [3.05, 3.63) is 30.3 Å². The van der Waals surface area contributed by atoms with Gasteiger partial charge in [0.25, 0.3) is 0 Å². The van der Waals surface area contributed by atoms with E-state index in [-0.39, 0.29) is 30.2 Å². The number of aliphatic carboxylic acids is 1. The summed E-state index contributed by atoms with van der Waals surface area (Å²) in [7, 11) is -3.59. The highest BCUT2D eigenvalue weighted by Gasteiger charge is 2.13. The molecule has 0 saturated heterocycles. The maximum absolute atomic E-state index is 11.9. The van der Waals surface area contributed by atoms with Gasteiger partial charge >= 0.3 is 5.97 Å². The predicted octanol–water partition coefficient (Wildman–Crippen LogP) is 0.726. The highest BCUT2D eigenvalue weighted by molar-refractivity contribution is 7.89. The second-order valence-electron chi connectivity index (χ2n) is 4.66. The Kier molecular flexibility index (Phi) is 7.55. The largest absolute Gasteiger partial charge is 0.481 e. The number of sulfonamides is 1. The molecule has 0 saturated carbocycles. The number of carboxylic acid groups (broad SMARTS) is 1. The molecule has 1 aromatic carbocycles. The first-order valence-electron chi connectivity index (χ1n) is 6.95. The van der Waals surface area contributed by atoms with Gasteiger partial charge < -0.3 is 10.4 Å². The molecule has 1 rings (SSSR count). The Morgan fingerprint density at radius 2 is 1.68 bits per heavy atom. The lowest BCUT2D eigenvalue weighted by Gasteiger charge is -2.07. The van der Waals surface area contributed by atoms with Crippen LogP contribution in [0, 0.1) is 0 Å². The summed E-state index contributed by atoms with van der Waals surface area (Å²) in [5, 5.41) is 11.1. The van der Waals surface area contributed by atoms with Gasteiger partial charge in [0.1, 0.15) is 0 Å². The summed E-state index contributed by atoms with van der Waals surface area (Å²) in [5.74, 6) is -1.13. The number of benzene rings is 1. The van der Waals surface area contributed by atoms with Crippen molar-refractivity contribution >= 4 is 21.9 Å². The number of hydrogen-bond acceptors (Lipinski definition) is 4. The van der Waals surface area contributed by atoms with Crippen molar-refractivity contribution in [3.63, 3.8) is 0 Å². The minimum absolute atomic E-state index is 0.0121. The first-order valence-corrected chi connectivity index (χ1v) is 8.43. The number of amides is 1. The van der Waals surface area contributed by atoms with Crippen LogP contribution in [0.25, 0.3) is 0 Å². The van der Waals surface area contributed by atoms with Gasteiger partial charge in [0.15, 0.2) is 0 Å². The summed E-state index contributed by atoms with van der Waals surface area (Å²) in [6.45, 7) is 0.399. The van der Waals surface area contributed by atoms with Gasteiger partial charge in [-0.25, -0.2) is 13.1 Å². The van der Waals surface area contributed by atoms with Crippen molar-refractivity contribution in [1.82, 2.24) is 10.0 Å². The van der Waals surface area contributed by atoms with Crippen molar-refractivity contribution in [2.24, 2.45) is 0 Å². The lowest BCUT2D eigenvalue weighted by molar-refractivity contribution is -0.137. The van der Waals surface area contributed by atoms with Crippen molar-refractivity contribution in [1.29, 1.82) is 0 Å². The molecular formula is C14H20N2O5S. The van der Waals surface area contributed by atoms with Crippen molar-refractivity contribution in [2.45, 2.75) is 30.6 Å². The van der Waals surface area contributed by atoms with Crippen LogP contribution in [0.3, 0.4) is 0 Å². The van der Waals surface area contributed by atoms with E-state index in [1.165, 1.54) is 12.1 Å². The van der Waals surface area contributed by atoms with Crippen molar-refractivity contribution in [2.75, 3.05) is 13.1 Å². The van der Waals surface area contributed by atoms with E-state index in [1.807, 2.05) is 0 Å². The number of rotatable bonds is 10. The van der Waals surface area contributed by atoms with Gasteiger partial charge in [0, 0.05) is 25.9 Å². The smallest absolute Gasteiger partial charge is 0.303 e. The SMILES string of the molecule is O=C(O)CCCCNC(=O)CCNS(=O)(=O)c1ccccc1. The fraction of sp³-hybridized carbons (Fsp3) is 0.429. The molecule has 0 bridgehead atoms. The van der Waals surface area contributed by atoms with Gasteiger partial charge in [-0.2, -0.15) is 0 Å². The zero-order valence-electron chi connectivity index (χ0n) is 12.1. The third-order valence-corrected chi connectivity index (χ3v) is 4.31. The highest BCUT2D eigenvalue weighted by atomic mass is 32.2. The van der Waals surface area contributed by atoms with Crippen LogP contribution in [0.2, 0.25) is 0 Å². The molecule has 1 amide bonds. The van der Waals surface area contributed by atoms with Crippen LogP contribution in [0.5, 0.6) is 0 Å². The van der Waals surface area contributed by atoms with E-state index in [1.54, 1.807) is 18.2 Å². The monoisotopic (exact) mass is 328 g/mol. The molecule has 0 atom stereocenters. The molecule has 0 unspecified atom stereocenters. The van der Waals surface area contributed by atoms with Gasteiger partial charge in [-0.1, -0.05) is 18.2 Å². The zero-order chi connectivity index (χ0) is 16.4. The molecule has 8 heteroatoms. The van der Waals surface area contributed by atoms with Crippen LogP contribution in [-0.4, -0.2) is 38.5 Å². The van der Waals surface area contributed by atoms with E-state index in [2.05, 4.69) is 10.0 Å². The van der Waals surface area contributed by atoms with Gasteiger partial charge in [-0.3, -0.25) is 9.59 Å². The standard InChI is InChI=1S/C14H20N2O5S/c17-13(15-10-5-4-8-14(18)19)9-11-16-22(20,21)12-6-2-1-3-7-12/h1-3,6-7,16H,4-5,8-11H2,(H,15,17)(H,18,19). The van der Waals surface area contributed by atoms with Gasteiger partial charge in [-0.05, 0) is 25.0 Å². The van der Waals surface area contributed by atoms with Crippen LogP contribution < -0.4 is 10.0 Å². The molecule has 0 heterocycles. The first-order chi connectivity index (χ1) is 10.4. The zero-order valence-corrected chi connectivity index (χ0v) is 12.9. The fourth-order valence-electron chi connectivity index (χ4n) is 1.70. The summed E-state index contributed by atoms with van der Waals surface area (Å²) in [4.78, 5) is 22.0. The Balaban J connectivity index is 2.21. The molecule has 0 radical (unpaired) electrons. The summed E-state index contributed by atoms with van der Waals surface area (Å²) in [5.41, 5.74) is 0. The first kappa shape index (κ1) is 18.1. The van der Waals surface area contributed by atoms with Crippen LogP contribution in [0.15, 0.2) is 35.2 Å². The quantitative estimate of drug-likeness (QED) is 0.548. The lowest BCUT2D eigenvalue weighted by atomic mass is 10.2. The summed E-state index contributed by atoms with van der Waals surface area (Å²) >= 11 is 0. The maximum atomic E-state index is 11.9. The van der Waals surface area contributed by atoms with Crippen LogP contribution in [0.1, 0.15) is 25.7 Å². The molecule has 122 valence electrons. The number of carboxylic acids is 1. The average Bonchev–Trinajstić information content (AvgIpc) is 2.47. The average molecular weight is 328 g/mol. The molecular weight excluding hydrogens is 308 g/mol. The molecule has 7 nitrogen and oxygen atoms in total. The molecule has 0 aliphatic rings. The molecule has 0 spiro atoms. The van der Waals surface area contributed by atoms with E-state index in [0.717, 1.165) is 0 Å². The number of carbonyl (C=O) groups is 2. The molecule has 0 aliphatic carbocycles. The number of nitrogens with one attached hydrogen (secondary N) is 2. The van der Waals surface area contributed by atoms with Crippen molar-refractivity contribution in [3.8, 4) is 0 Å². The van der Waals surface area contributed by atoms with Gasteiger partial charge in [0.05, 0.1) is 4.90 Å². The Labute approximate surface area is 129 Å². The molecule has 0 aliphatic heterocycles. The minimum Gasteiger partial charge on any atom is -0.481 e. The Bertz CT molecular complexity index is 587. The second-order valence-corrected chi connectivity index (χ2v) is 6.43. The number of hydrogen-bond donors (Lipinski definition) is 3. The van der Waals surface area contributed by atoms with E-state index in [9.17, 15) is 18.0 Å². The molecule has 3 N–H and O–H groups in total. The summed E-state index contributed by atoms with van der Waals surface area (Å²) in [6.07, 6.45) is 1.18. The van der Waals surface area contributed by atoms with Gasteiger partial charge in [-0.15, -0.1) is 0 Å². The molecule has 0 fully saturated rings. The van der Waals surface area contributed by atoms with Crippen LogP contribution in [-0.2, 0) is 19.6 Å². The van der Waals surface area contributed by atoms with E-state index < -0.39 is 16.0 Å². The Morgan fingerprint density at radius 3 is 2.32 bits per heavy atom. The summed E-state index contributed by atoms with van der Waals surface area (Å²) < 4.78 is 26.1. The normalized spacial score (nSPS) is 11.1. The van der Waals surface area contributed by atoms with E-state index >= 15 is 0 Å². The highest BCUT2D eigenvalue weighted by Crippen LogP contribution is 2.06. The van der Waals surface area contributed by atoms with Crippen LogP contribution >= 0.6 is 0 Å². The lowest BCUT2D eigenvalue weighted by Crippen LogP contribution is -2.31. The topological polar surface area (TPSA) is 113 Å². The van der Waals surface area contributed by atoms with Crippen molar-refractivity contribution < 1.29 is 23.1 Å². The molecule has 1 aromatic rings. The molecule has 22 heavy (non-hydrogen) atoms. The van der Waals surface area contributed by atoms with E-state index in [0.29, 0.717) is 19.4 Å². The van der Waals surface area contributed by atoms with E-state index in [4.69, 9.17) is 5.11 Å². The number of unbranched alkanes of at least 4 members (excludes halogenated alkanes) is 1. The third kappa shape index (κ3) is 7.19. The minimum atomic E-state index is -3.59. The number of carbonyl (C=O) groups excluding carboxylic acids is 1. The fourth-order valence-corrected chi connectivity index (χ4v) is 2.75. The summed E-state index contributed by atoms with van der Waals surface area (Å²) in [6, 6.07) is 7.92. The van der Waals surface area contributed by atoms with Crippen LogP contribution in [0.4, 0.5) is 0 Å². The Hall–Kier alpha value is -1.93. The second kappa shape index (κ2) is 9.16. The maximum Gasteiger partial charge on any atom is 0.303 e. The predicted molar refractivity (Wildman–Crippen MR) is 80.7 cm³/mol. The third-order valence-electron chi connectivity index (χ3n) is 2.84. The van der Waals surface area contributed by atoms with Gasteiger partial charge in [0.2, 0.25) is 15.9 Å². The molecule has 0 aromatic heterocycles.